The van der Waals surface area contributed by atoms with Crippen molar-refractivity contribution in [2.24, 2.45) is 0 Å². The fraction of sp³-hybridized carbons (Fsp3) is 0.316. The predicted octanol–water partition coefficient (Wildman–Crippen LogP) is 1.60. The number of nitrogens with zero attached hydrogens (tertiary/aromatic N) is 1. The van der Waals surface area contributed by atoms with Crippen LogP contribution in [0.3, 0.4) is 0 Å². The second-order valence-electron chi connectivity index (χ2n) is 5.87. The second-order valence-corrected chi connectivity index (χ2v) is 5.87. The Morgan fingerprint density at radius 1 is 1.28 bits per heavy atom. The summed E-state index contributed by atoms with van der Waals surface area (Å²) in [6.07, 6.45) is 0.691. The molecular weight excluding hydrogens is 318 g/mol. The van der Waals surface area contributed by atoms with Crippen LogP contribution in [0.1, 0.15) is 39.9 Å². The number of rotatable bonds is 6. The third-order valence-electron chi connectivity index (χ3n) is 4.29. The number of hydrogen-bond acceptors (Lipinski definition) is 4. The third-order valence-corrected chi connectivity index (χ3v) is 4.29. The average molecular weight is 339 g/mol. The molecular formula is C19H21N3O3. The van der Waals surface area contributed by atoms with Crippen LogP contribution in [0.5, 0.6) is 0 Å². The van der Waals surface area contributed by atoms with E-state index in [1.807, 2.05) is 30.3 Å². The minimum atomic E-state index is -0.397. The number of hydrogen-bond donors (Lipinski definition) is 3. The smallest absolute Gasteiger partial charge is 0.266 e. The first-order chi connectivity index (χ1) is 12.0. The number of aliphatic hydroxyl groups is 1. The summed E-state index contributed by atoms with van der Waals surface area (Å²) in [5.41, 5.74) is 3.49. The number of carbonyl (C=O) groups is 1. The molecule has 0 bridgehead atoms. The molecule has 0 spiro atoms. The van der Waals surface area contributed by atoms with Crippen LogP contribution in [0.25, 0.3) is 0 Å². The number of nitriles is 1. The first-order valence-corrected chi connectivity index (χ1v) is 8.04. The number of benzene rings is 1. The van der Waals surface area contributed by atoms with Gasteiger partial charge in [0.05, 0.1) is 6.61 Å². The number of aliphatic hydroxyl groups excluding tert-OH is 1. The topological polar surface area (TPSA) is 106 Å². The van der Waals surface area contributed by atoms with E-state index in [1.54, 1.807) is 13.8 Å². The fourth-order valence-corrected chi connectivity index (χ4v) is 2.83. The van der Waals surface area contributed by atoms with E-state index < -0.39 is 5.56 Å². The molecule has 0 aliphatic heterocycles. The lowest BCUT2D eigenvalue weighted by Crippen LogP contribution is -2.24. The molecule has 0 aliphatic carbocycles. The van der Waals surface area contributed by atoms with Crippen molar-refractivity contribution in [1.29, 1.82) is 5.26 Å². The Balaban J connectivity index is 2.01. The molecule has 3 N–H and O–H groups in total. The van der Waals surface area contributed by atoms with Crippen LogP contribution in [0.15, 0.2) is 29.1 Å². The maximum Gasteiger partial charge on any atom is 0.266 e. The van der Waals surface area contributed by atoms with Crippen molar-refractivity contribution >= 4 is 5.91 Å². The van der Waals surface area contributed by atoms with Gasteiger partial charge in [-0.15, -0.1) is 0 Å². The highest BCUT2D eigenvalue weighted by molar-refractivity contribution is 5.76. The summed E-state index contributed by atoms with van der Waals surface area (Å²) >= 11 is 0. The SMILES string of the molecule is Cc1[nH]c(=O)c(C#N)c(C)c1CCC(=O)NCc1ccccc1CO. The Morgan fingerprint density at radius 2 is 1.96 bits per heavy atom. The van der Waals surface area contributed by atoms with Crippen LogP contribution in [-0.4, -0.2) is 16.0 Å². The van der Waals surface area contributed by atoms with Crippen LogP contribution >= 0.6 is 0 Å². The third kappa shape index (κ3) is 4.34. The van der Waals surface area contributed by atoms with Crippen molar-refractivity contribution in [3.05, 3.63) is 68.1 Å². The van der Waals surface area contributed by atoms with Crippen molar-refractivity contribution in [1.82, 2.24) is 10.3 Å². The standard InChI is InChI=1S/C19H21N3O3/c1-12-16(13(2)22-19(25)17(12)9-20)7-8-18(24)21-10-14-5-3-4-6-15(14)11-23/h3-6,23H,7-8,10-11H2,1-2H3,(H,21,24)(H,22,25). The molecule has 1 aromatic carbocycles. The van der Waals surface area contributed by atoms with Gasteiger partial charge < -0.3 is 15.4 Å². The molecule has 0 atom stereocenters. The predicted molar refractivity (Wildman–Crippen MR) is 93.8 cm³/mol. The number of aromatic amines is 1. The summed E-state index contributed by atoms with van der Waals surface area (Å²) in [6, 6.07) is 9.29. The fourth-order valence-electron chi connectivity index (χ4n) is 2.83. The molecule has 6 heteroatoms. The summed E-state index contributed by atoms with van der Waals surface area (Å²) in [6.45, 7) is 3.77. The molecule has 0 radical (unpaired) electrons. The Bertz CT molecular complexity index is 878. The summed E-state index contributed by atoms with van der Waals surface area (Å²) in [5.74, 6) is -0.128. The molecule has 130 valence electrons. The van der Waals surface area contributed by atoms with Gasteiger partial charge in [0.1, 0.15) is 11.6 Å². The molecule has 1 heterocycles. The molecule has 1 aromatic heterocycles. The van der Waals surface area contributed by atoms with Crippen molar-refractivity contribution < 1.29 is 9.90 Å². The van der Waals surface area contributed by atoms with Gasteiger partial charge in [-0.1, -0.05) is 24.3 Å². The summed E-state index contributed by atoms with van der Waals surface area (Å²) in [4.78, 5) is 26.5. The highest BCUT2D eigenvalue weighted by Gasteiger charge is 2.13. The minimum absolute atomic E-state index is 0.0707. The summed E-state index contributed by atoms with van der Waals surface area (Å²) < 4.78 is 0. The minimum Gasteiger partial charge on any atom is -0.392 e. The zero-order valence-corrected chi connectivity index (χ0v) is 14.3. The van der Waals surface area contributed by atoms with Gasteiger partial charge in [0.25, 0.3) is 5.56 Å². The van der Waals surface area contributed by atoms with Crippen LogP contribution in [0.4, 0.5) is 0 Å². The molecule has 2 rings (SSSR count). The van der Waals surface area contributed by atoms with E-state index in [-0.39, 0.29) is 24.5 Å². The van der Waals surface area contributed by atoms with Gasteiger partial charge in [0.2, 0.25) is 5.91 Å². The largest absolute Gasteiger partial charge is 0.392 e. The van der Waals surface area contributed by atoms with Crippen molar-refractivity contribution in [2.45, 2.75) is 39.8 Å². The number of aromatic nitrogens is 1. The number of aryl methyl sites for hydroxylation is 1. The Morgan fingerprint density at radius 3 is 2.60 bits per heavy atom. The van der Waals surface area contributed by atoms with Crippen LogP contribution < -0.4 is 10.9 Å². The first kappa shape index (κ1) is 18.4. The molecule has 0 saturated heterocycles. The van der Waals surface area contributed by atoms with Gasteiger partial charge in [0.15, 0.2) is 0 Å². The Kier molecular flexibility index (Phi) is 6.09. The number of H-pyrrole nitrogens is 1. The van der Waals surface area contributed by atoms with Crippen LogP contribution in [-0.2, 0) is 24.4 Å². The number of carbonyl (C=O) groups excluding carboxylic acids is 1. The van der Waals surface area contributed by atoms with Gasteiger partial charge in [0, 0.05) is 18.7 Å². The molecule has 1 amide bonds. The van der Waals surface area contributed by atoms with Crippen molar-refractivity contribution in [2.75, 3.05) is 0 Å². The molecule has 0 saturated carbocycles. The van der Waals surface area contributed by atoms with E-state index in [0.717, 1.165) is 16.7 Å². The van der Waals surface area contributed by atoms with Gasteiger partial charge in [-0.25, -0.2) is 0 Å². The van der Waals surface area contributed by atoms with Crippen LogP contribution in [0, 0.1) is 25.2 Å². The second kappa shape index (κ2) is 8.27. The van der Waals surface area contributed by atoms with Gasteiger partial charge in [-0.05, 0) is 42.5 Å². The van der Waals surface area contributed by atoms with Gasteiger partial charge >= 0.3 is 0 Å². The van der Waals surface area contributed by atoms with E-state index in [1.165, 1.54) is 0 Å². The van der Waals surface area contributed by atoms with Crippen LogP contribution in [0.2, 0.25) is 0 Å². The van der Waals surface area contributed by atoms with Gasteiger partial charge in [-0.2, -0.15) is 5.26 Å². The monoisotopic (exact) mass is 339 g/mol. The summed E-state index contributed by atoms with van der Waals surface area (Å²) in [7, 11) is 0. The van der Waals surface area contributed by atoms with E-state index >= 15 is 0 Å². The lowest BCUT2D eigenvalue weighted by atomic mass is 9.99. The van der Waals surface area contributed by atoms with Crippen molar-refractivity contribution in [3.63, 3.8) is 0 Å². The van der Waals surface area contributed by atoms with E-state index in [4.69, 9.17) is 5.26 Å². The molecule has 0 fully saturated rings. The van der Waals surface area contributed by atoms with Crippen molar-refractivity contribution in [3.8, 4) is 6.07 Å². The Labute approximate surface area is 146 Å². The zero-order valence-electron chi connectivity index (χ0n) is 14.3. The lowest BCUT2D eigenvalue weighted by Gasteiger charge is -2.12. The molecule has 6 nitrogen and oxygen atoms in total. The Hall–Kier alpha value is -2.91. The lowest BCUT2D eigenvalue weighted by molar-refractivity contribution is -0.121. The highest BCUT2D eigenvalue weighted by Crippen LogP contribution is 2.15. The maximum atomic E-state index is 12.1. The van der Waals surface area contributed by atoms with E-state index in [0.29, 0.717) is 24.2 Å². The quantitative estimate of drug-likeness (QED) is 0.743. The molecule has 0 unspecified atom stereocenters. The normalized spacial score (nSPS) is 10.3. The highest BCUT2D eigenvalue weighted by atomic mass is 16.3. The molecule has 0 aliphatic rings. The zero-order chi connectivity index (χ0) is 18.4. The first-order valence-electron chi connectivity index (χ1n) is 8.04. The summed E-state index contributed by atoms with van der Waals surface area (Å²) in [5, 5.41) is 21.2. The number of pyridine rings is 1. The van der Waals surface area contributed by atoms with E-state index in [2.05, 4.69) is 10.3 Å². The number of nitrogens with one attached hydrogen (secondary N) is 2. The molecule has 2 aromatic rings. The van der Waals surface area contributed by atoms with E-state index in [9.17, 15) is 14.7 Å². The average Bonchev–Trinajstić information content (AvgIpc) is 2.60. The van der Waals surface area contributed by atoms with Gasteiger partial charge in [-0.3, -0.25) is 9.59 Å². The maximum absolute atomic E-state index is 12.1. The molecule has 25 heavy (non-hydrogen) atoms. The number of amides is 1.